The molecule has 0 spiro atoms. The number of carbonyl (C=O) groups excluding carboxylic acids is 1. The molecule has 0 unspecified atom stereocenters. The molecule has 132 valence electrons. The van der Waals surface area contributed by atoms with Crippen molar-refractivity contribution in [3.8, 4) is 11.3 Å². The van der Waals surface area contributed by atoms with Gasteiger partial charge >= 0.3 is 0 Å². The Morgan fingerprint density at radius 3 is 2.42 bits per heavy atom. The van der Waals surface area contributed by atoms with Crippen LogP contribution in [0.25, 0.3) is 11.3 Å². The summed E-state index contributed by atoms with van der Waals surface area (Å²) in [5, 5.41) is 0. The Hall–Kier alpha value is -2.90. The van der Waals surface area contributed by atoms with Crippen LogP contribution in [-0.2, 0) is 10.0 Å². The van der Waals surface area contributed by atoms with Crippen LogP contribution in [0.5, 0.6) is 0 Å². The molecule has 0 bridgehead atoms. The molecule has 0 saturated carbocycles. The number of halogens is 1. The Kier molecular flexibility index (Phi) is 5.20. The molecule has 0 atom stereocenters. The number of benzene rings is 2. The van der Waals surface area contributed by atoms with Gasteiger partial charge in [-0.05, 0) is 42.5 Å². The molecule has 0 amide bonds. The van der Waals surface area contributed by atoms with Crippen molar-refractivity contribution in [1.82, 2.24) is 9.71 Å². The normalized spacial score (nSPS) is 11.3. The zero-order valence-corrected chi connectivity index (χ0v) is 14.4. The second-order valence-electron chi connectivity index (χ2n) is 5.47. The SMILES string of the molecule is O=C(CNS(=O)(=O)c1ccccc1)c1cc(-c2ccccn2)ccc1F. The number of aromatic nitrogens is 1. The Balaban J connectivity index is 1.80. The van der Waals surface area contributed by atoms with Crippen LogP contribution in [0, 0.1) is 5.82 Å². The molecule has 5 nitrogen and oxygen atoms in total. The van der Waals surface area contributed by atoms with Crippen LogP contribution in [0.2, 0.25) is 0 Å². The molecule has 0 saturated heterocycles. The summed E-state index contributed by atoms with van der Waals surface area (Å²) in [6.45, 7) is -0.542. The van der Waals surface area contributed by atoms with Crippen molar-refractivity contribution in [1.29, 1.82) is 0 Å². The minimum atomic E-state index is -3.84. The Bertz CT molecular complexity index is 1020. The Labute approximate surface area is 150 Å². The van der Waals surface area contributed by atoms with Crippen molar-refractivity contribution in [2.75, 3.05) is 6.54 Å². The van der Waals surface area contributed by atoms with Crippen LogP contribution < -0.4 is 4.72 Å². The van der Waals surface area contributed by atoms with Gasteiger partial charge in [0.1, 0.15) is 5.82 Å². The van der Waals surface area contributed by atoms with E-state index in [-0.39, 0.29) is 10.5 Å². The molecule has 26 heavy (non-hydrogen) atoms. The van der Waals surface area contributed by atoms with Crippen molar-refractivity contribution < 1.29 is 17.6 Å². The van der Waals surface area contributed by atoms with Crippen molar-refractivity contribution in [2.24, 2.45) is 0 Å². The van der Waals surface area contributed by atoms with Gasteiger partial charge in [-0.15, -0.1) is 0 Å². The van der Waals surface area contributed by atoms with Crippen LogP contribution in [-0.4, -0.2) is 25.7 Å². The van der Waals surface area contributed by atoms with E-state index in [0.717, 1.165) is 0 Å². The first-order valence-electron chi connectivity index (χ1n) is 7.76. The summed E-state index contributed by atoms with van der Waals surface area (Å²) < 4.78 is 40.6. The molecule has 0 radical (unpaired) electrons. The number of hydrogen-bond acceptors (Lipinski definition) is 4. The van der Waals surface area contributed by atoms with Crippen molar-refractivity contribution in [2.45, 2.75) is 4.90 Å². The molecule has 0 aliphatic heterocycles. The third kappa shape index (κ3) is 4.01. The average molecular weight is 370 g/mol. The third-order valence-electron chi connectivity index (χ3n) is 3.70. The van der Waals surface area contributed by atoms with Gasteiger partial charge in [0.05, 0.1) is 22.7 Å². The summed E-state index contributed by atoms with van der Waals surface area (Å²) in [4.78, 5) is 16.5. The minimum Gasteiger partial charge on any atom is -0.293 e. The third-order valence-corrected chi connectivity index (χ3v) is 5.12. The van der Waals surface area contributed by atoms with E-state index in [0.29, 0.717) is 11.3 Å². The molecule has 1 heterocycles. The molecule has 7 heteroatoms. The summed E-state index contributed by atoms with van der Waals surface area (Å²) in [5.41, 5.74) is 0.969. The molecule has 2 aromatic carbocycles. The monoisotopic (exact) mass is 370 g/mol. The highest BCUT2D eigenvalue weighted by Crippen LogP contribution is 2.20. The number of carbonyl (C=O) groups is 1. The topological polar surface area (TPSA) is 76.1 Å². The smallest absolute Gasteiger partial charge is 0.240 e. The number of Topliss-reactive ketones (excluding diaryl/α,β-unsaturated/α-hetero) is 1. The van der Waals surface area contributed by atoms with Gasteiger partial charge in [-0.1, -0.05) is 24.3 Å². The van der Waals surface area contributed by atoms with Crippen molar-refractivity contribution in [3.63, 3.8) is 0 Å². The minimum absolute atomic E-state index is 0.0375. The standard InChI is InChI=1S/C19H15FN2O3S/c20-17-10-9-14(18-8-4-5-11-21-18)12-16(17)19(23)13-22-26(24,25)15-6-2-1-3-7-15/h1-12,22H,13H2. The number of sulfonamides is 1. The van der Waals surface area contributed by atoms with Crippen LogP contribution in [0.4, 0.5) is 4.39 Å². The second-order valence-corrected chi connectivity index (χ2v) is 7.24. The van der Waals surface area contributed by atoms with E-state index in [4.69, 9.17) is 0 Å². The first-order chi connectivity index (χ1) is 12.5. The average Bonchev–Trinajstić information content (AvgIpc) is 2.68. The summed E-state index contributed by atoms with van der Waals surface area (Å²) in [7, 11) is -3.84. The number of pyridine rings is 1. The quantitative estimate of drug-likeness (QED) is 0.677. The molecule has 0 aliphatic rings. The van der Waals surface area contributed by atoms with Gasteiger partial charge in [-0.2, -0.15) is 0 Å². The molecular weight excluding hydrogens is 355 g/mol. The zero-order valence-electron chi connectivity index (χ0n) is 13.6. The fraction of sp³-hybridized carbons (Fsp3) is 0.0526. The van der Waals surface area contributed by atoms with Gasteiger partial charge in [0.2, 0.25) is 10.0 Å². The van der Waals surface area contributed by atoms with Crippen molar-refractivity contribution >= 4 is 15.8 Å². The van der Waals surface area contributed by atoms with E-state index >= 15 is 0 Å². The van der Waals surface area contributed by atoms with Crippen LogP contribution >= 0.6 is 0 Å². The van der Waals surface area contributed by atoms with Gasteiger partial charge in [0.15, 0.2) is 5.78 Å². The maximum atomic E-state index is 14.1. The largest absolute Gasteiger partial charge is 0.293 e. The van der Waals surface area contributed by atoms with E-state index in [1.54, 1.807) is 42.6 Å². The number of nitrogens with zero attached hydrogens (tertiary/aromatic N) is 1. The number of ketones is 1. The highest BCUT2D eigenvalue weighted by molar-refractivity contribution is 7.89. The summed E-state index contributed by atoms with van der Waals surface area (Å²) in [5.74, 6) is -1.38. The van der Waals surface area contributed by atoms with E-state index in [1.165, 1.54) is 30.3 Å². The molecule has 0 aliphatic carbocycles. The van der Waals surface area contributed by atoms with E-state index in [2.05, 4.69) is 9.71 Å². The zero-order chi connectivity index (χ0) is 18.6. The number of rotatable bonds is 6. The highest BCUT2D eigenvalue weighted by atomic mass is 32.2. The van der Waals surface area contributed by atoms with Gasteiger partial charge in [0.25, 0.3) is 0 Å². The molecule has 1 aromatic heterocycles. The van der Waals surface area contributed by atoms with Crippen LogP contribution in [0.15, 0.2) is 77.8 Å². The highest BCUT2D eigenvalue weighted by Gasteiger charge is 2.18. The molecule has 1 N–H and O–H groups in total. The number of hydrogen-bond donors (Lipinski definition) is 1. The lowest BCUT2D eigenvalue weighted by Gasteiger charge is -2.08. The fourth-order valence-corrected chi connectivity index (χ4v) is 3.37. The van der Waals surface area contributed by atoms with E-state index in [9.17, 15) is 17.6 Å². The summed E-state index contributed by atoms with van der Waals surface area (Å²) >= 11 is 0. The molecule has 0 fully saturated rings. The maximum absolute atomic E-state index is 14.1. The lowest BCUT2D eigenvalue weighted by molar-refractivity contribution is 0.0993. The van der Waals surface area contributed by atoms with Gasteiger partial charge in [0, 0.05) is 11.8 Å². The number of nitrogens with one attached hydrogen (secondary N) is 1. The maximum Gasteiger partial charge on any atom is 0.240 e. The van der Waals surface area contributed by atoms with Crippen molar-refractivity contribution in [3.05, 3.63) is 84.3 Å². The van der Waals surface area contributed by atoms with Crippen LogP contribution in [0.1, 0.15) is 10.4 Å². The molecule has 3 rings (SSSR count). The molecular formula is C19H15FN2O3S. The predicted octanol–water partition coefficient (Wildman–Crippen LogP) is 3.05. The van der Waals surface area contributed by atoms with Crippen LogP contribution in [0.3, 0.4) is 0 Å². The predicted molar refractivity (Wildman–Crippen MR) is 95.6 cm³/mol. The summed E-state index contributed by atoms with van der Waals surface area (Å²) in [6, 6.07) is 17.0. The van der Waals surface area contributed by atoms with Gasteiger partial charge in [-0.25, -0.2) is 17.5 Å². The Morgan fingerprint density at radius 2 is 1.73 bits per heavy atom. The van der Waals surface area contributed by atoms with E-state index < -0.39 is 28.2 Å². The first-order valence-corrected chi connectivity index (χ1v) is 9.24. The fourth-order valence-electron chi connectivity index (χ4n) is 2.37. The van der Waals surface area contributed by atoms with Gasteiger partial charge in [-0.3, -0.25) is 9.78 Å². The lowest BCUT2D eigenvalue weighted by Crippen LogP contribution is -2.30. The van der Waals surface area contributed by atoms with Gasteiger partial charge < -0.3 is 0 Å². The first kappa shape index (κ1) is 17.9. The lowest BCUT2D eigenvalue weighted by atomic mass is 10.0. The Morgan fingerprint density at radius 1 is 1.00 bits per heavy atom. The summed E-state index contributed by atoms with van der Waals surface area (Å²) in [6.07, 6.45) is 1.59. The molecule has 3 aromatic rings. The van der Waals surface area contributed by atoms with E-state index in [1.807, 2.05) is 0 Å². The second kappa shape index (κ2) is 7.55.